The molecule has 5 heteroatoms. The summed E-state index contributed by atoms with van der Waals surface area (Å²) in [5, 5.41) is 15.9. The molecule has 0 saturated carbocycles. The minimum Gasteiger partial charge on any atom is -0.480 e. The van der Waals surface area contributed by atoms with E-state index in [1.165, 1.54) is 0 Å². The lowest BCUT2D eigenvalue weighted by Gasteiger charge is -1.96. The smallest absolute Gasteiger partial charge is 0.322 e. The summed E-state index contributed by atoms with van der Waals surface area (Å²) >= 11 is 0. The van der Waals surface area contributed by atoms with Crippen molar-refractivity contribution >= 4 is 29.0 Å². The third kappa shape index (κ3) is 4.32. The first-order valence-electron chi connectivity index (χ1n) is 1.77. The van der Waals surface area contributed by atoms with Gasteiger partial charge in [-0.2, -0.15) is 0 Å². The van der Waals surface area contributed by atoms with Gasteiger partial charge in [0, 0.05) is 0 Å². The summed E-state index contributed by atoms with van der Waals surface area (Å²) in [5.74, 6) is -1.18. The molecular weight excluding hydrogens is 122 g/mol. The van der Waals surface area contributed by atoms with Crippen molar-refractivity contribution in [3.63, 3.8) is 0 Å². The molecule has 1 unspecified atom stereocenters. The number of hydrogen-bond acceptors (Lipinski definition) is 3. The predicted octanol–water partition coefficient (Wildman–Crippen LogP) is -2.53. The third-order valence-electron chi connectivity index (χ3n) is 0.514. The molecule has 4 N–H and O–H groups in total. The topological polar surface area (TPSA) is 83.5 Å². The number of aliphatic carboxylic acids is 1. The Morgan fingerprint density at radius 2 is 2.12 bits per heavy atom. The van der Waals surface area contributed by atoms with E-state index in [-0.39, 0.29) is 23.1 Å². The van der Waals surface area contributed by atoms with Crippen molar-refractivity contribution in [3.05, 3.63) is 0 Å². The maximum Gasteiger partial charge on any atom is 0.322 e. The first-order chi connectivity index (χ1) is 3.18. The Kier molecular flexibility index (Phi) is 7.30. The minimum atomic E-state index is -1.18. The molecule has 0 amide bonds. The van der Waals surface area contributed by atoms with E-state index in [1.807, 2.05) is 0 Å². The van der Waals surface area contributed by atoms with Crippen molar-refractivity contribution in [2.45, 2.75) is 6.04 Å². The van der Waals surface area contributed by atoms with Crippen LogP contribution in [-0.2, 0) is 4.79 Å². The van der Waals surface area contributed by atoms with Crippen LogP contribution in [0.2, 0.25) is 0 Å². The summed E-state index contributed by atoms with van der Waals surface area (Å²) in [5.41, 5.74) is 4.77. The lowest BCUT2D eigenvalue weighted by Crippen LogP contribution is -2.33. The van der Waals surface area contributed by atoms with Crippen LogP contribution in [0.3, 0.4) is 0 Å². The van der Waals surface area contributed by atoms with Crippen LogP contribution in [0.15, 0.2) is 0 Å². The number of rotatable bonds is 2. The van der Waals surface area contributed by atoms with E-state index in [0.29, 0.717) is 0 Å². The fraction of sp³-hybridized carbons (Fsp3) is 0.667. The number of carbonyl (C=O) groups is 1. The molecule has 0 rings (SSSR count). The van der Waals surface area contributed by atoms with Gasteiger partial charge >= 0.3 is 29.0 Å². The van der Waals surface area contributed by atoms with Gasteiger partial charge in [0.25, 0.3) is 0 Å². The number of aliphatic hydroxyl groups excluding tert-OH is 1. The highest BCUT2D eigenvalue weighted by atomic mass is 24.3. The van der Waals surface area contributed by atoms with Gasteiger partial charge < -0.3 is 15.9 Å². The summed E-state index contributed by atoms with van der Waals surface area (Å²) in [7, 11) is 0. The van der Waals surface area contributed by atoms with Crippen LogP contribution in [0, 0.1) is 0 Å². The molecule has 4 nitrogen and oxygen atoms in total. The molecule has 8 heavy (non-hydrogen) atoms. The largest absolute Gasteiger partial charge is 0.480 e. The monoisotopic (exact) mass is 131 g/mol. The molecule has 0 aromatic carbocycles. The zero-order valence-electron chi connectivity index (χ0n) is 3.66. The predicted molar refractivity (Wildman–Crippen MR) is 31.2 cm³/mol. The number of carboxylic acids is 1. The highest BCUT2D eigenvalue weighted by Gasteiger charge is 2.06. The Bertz CT molecular complexity index is 76.9. The Hall–Kier alpha value is 0.156. The molecule has 0 aliphatic carbocycles. The summed E-state index contributed by atoms with van der Waals surface area (Å²) in [6.07, 6.45) is 0. The number of nitrogens with two attached hydrogens (primary N) is 1. The molecule has 1 atom stereocenters. The Labute approximate surface area is 62.8 Å². The maximum atomic E-state index is 9.65. The van der Waals surface area contributed by atoms with Gasteiger partial charge in [0.2, 0.25) is 0 Å². The number of aliphatic hydroxyl groups is 1. The second kappa shape index (κ2) is 5.30. The zero-order chi connectivity index (χ0) is 5.86. The van der Waals surface area contributed by atoms with Crippen LogP contribution in [0.4, 0.5) is 0 Å². The van der Waals surface area contributed by atoms with Gasteiger partial charge in [-0.15, -0.1) is 0 Å². The van der Waals surface area contributed by atoms with E-state index >= 15 is 0 Å². The van der Waals surface area contributed by atoms with Crippen molar-refractivity contribution < 1.29 is 15.0 Å². The van der Waals surface area contributed by atoms with Crippen molar-refractivity contribution in [1.29, 1.82) is 0 Å². The van der Waals surface area contributed by atoms with Gasteiger partial charge in [-0.25, -0.2) is 0 Å². The average molecular weight is 131 g/mol. The van der Waals surface area contributed by atoms with E-state index in [4.69, 9.17) is 15.9 Å². The zero-order valence-corrected chi connectivity index (χ0v) is 3.66. The standard InChI is InChI=1S/C3H7NO3.Mg.2H/c4-2(1-5)3(6)7;;;/h2,5H,1,4H2,(H,6,7);;;. The highest BCUT2D eigenvalue weighted by Crippen LogP contribution is 1.71. The van der Waals surface area contributed by atoms with Gasteiger partial charge in [-0.3, -0.25) is 4.79 Å². The highest BCUT2D eigenvalue weighted by molar-refractivity contribution is 5.75. The number of hydrogen-bond donors (Lipinski definition) is 3. The number of carboxylic acid groups (broad SMARTS) is 1. The summed E-state index contributed by atoms with van der Waals surface area (Å²) in [4.78, 5) is 9.65. The van der Waals surface area contributed by atoms with Gasteiger partial charge in [0.15, 0.2) is 0 Å². The molecule has 0 bridgehead atoms. The third-order valence-corrected chi connectivity index (χ3v) is 0.514. The average Bonchev–Trinajstić information content (AvgIpc) is 1.65. The first kappa shape index (κ1) is 11.0. The van der Waals surface area contributed by atoms with E-state index in [1.54, 1.807) is 0 Å². The maximum absolute atomic E-state index is 9.65. The summed E-state index contributed by atoms with van der Waals surface area (Å²) in [6, 6.07) is -1.13. The second-order valence-electron chi connectivity index (χ2n) is 1.13. The van der Waals surface area contributed by atoms with Crippen LogP contribution in [-0.4, -0.2) is 51.9 Å². The summed E-state index contributed by atoms with van der Waals surface area (Å²) < 4.78 is 0. The first-order valence-corrected chi connectivity index (χ1v) is 1.77. The van der Waals surface area contributed by atoms with Crippen molar-refractivity contribution in [2.75, 3.05) is 6.61 Å². The Balaban J connectivity index is 0. The normalized spacial score (nSPS) is 11.8. The quantitative estimate of drug-likeness (QED) is 0.361. The van der Waals surface area contributed by atoms with Crippen molar-refractivity contribution in [3.8, 4) is 0 Å². The van der Waals surface area contributed by atoms with Gasteiger partial charge in [-0.05, 0) is 0 Å². The van der Waals surface area contributed by atoms with E-state index in [2.05, 4.69) is 0 Å². The van der Waals surface area contributed by atoms with Crippen LogP contribution in [0.1, 0.15) is 0 Å². The SMILES string of the molecule is NC(CO)C(=O)O.[MgH2]. The molecule has 0 heterocycles. The molecule has 0 aromatic heterocycles. The van der Waals surface area contributed by atoms with E-state index in [0.717, 1.165) is 0 Å². The molecule has 0 aliphatic heterocycles. The molecular formula is C3H9MgNO3. The molecule has 0 radical (unpaired) electrons. The Morgan fingerprint density at radius 3 is 2.12 bits per heavy atom. The van der Waals surface area contributed by atoms with E-state index in [9.17, 15) is 4.79 Å². The van der Waals surface area contributed by atoms with Crippen LogP contribution in [0.25, 0.3) is 0 Å². The molecule has 0 spiro atoms. The molecule has 0 fully saturated rings. The van der Waals surface area contributed by atoms with Crippen LogP contribution < -0.4 is 5.73 Å². The lowest BCUT2D eigenvalue weighted by molar-refractivity contribution is -0.139. The van der Waals surface area contributed by atoms with Crippen molar-refractivity contribution in [1.82, 2.24) is 0 Å². The van der Waals surface area contributed by atoms with Crippen molar-refractivity contribution in [2.24, 2.45) is 5.73 Å². The molecule has 0 aliphatic rings. The summed E-state index contributed by atoms with van der Waals surface area (Å²) in [6.45, 7) is -0.505. The molecule has 0 saturated heterocycles. The minimum absolute atomic E-state index is 0. The lowest BCUT2D eigenvalue weighted by atomic mass is 10.3. The Morgan fingerprint density at radius 1 is 1.75 bits per heavy atom. The van der Waals surface area contributed by atoms with Crippen LogP contribution in [0.5, 0.6) is 0 Å². The molecule has 0 aromatic rings. The second-order valence-corrected chi connectivity index (χ2v) is 1.13. The van der Waals surface area contributed by atoms with Gasteiger partial charge in [-0.1, -0.05) is 0 Å². The molecule has 46 valence electrons. The van der Waals surface area contributed by atoms with Gasteiger partial charge in [0.1, 0.15) is 6.04 Å². The van der Waals surface area contributed by atoms with Gasteiger partial charge in [0.05, 0.1) is 6.61 Å². The fourth-order valence-electron chi connectivity index (χ4n) is 0.0781. The van der Waals surface area contributed by atoms with E-state index < -0.39 is 18.6 Å². The fourth-order valence-corrected chi connectivity index (χ4v) is 0.0781. The van der Waals surface area contributed by atoms with Crippen LogP contribution >= 0.6 is 0 Å².